The van der Waals surface area contributed by atoms with Crippen molar-refractivity contribution in [2.45, 2.75) is 34.1 Å². The van der Waals surface area contributed by atoms with E-state index >= 15 is 0 Å². The van der Waals surface area contributed by atoms with Crippen LogP contribution >= 0.6 is 0 Å². The fraction of sp³-hybridized carbons (Fsp3) is 0.214. The van der Waals surface area contributed by atoms with Crippen LogP contribution in [0.3, 0.4) is 0 Å². The standard InChI is InChI=1S/C28H28N2O3/c1-5-20-10-14-22(15-11-20)29-26-25(21-12-16-23(17-13-21)33-6-2)27(31)30(28(26)32)24-9-7-8-18(3)19(24)4/h7-17,29H,5-6H2,1-4H3. The molecule has 0 saturated carbocycles. The SMILES string of the molecule is CCOc1ccc(C2=C(Nc3ccc(CC)cc3)C(=O)N(c3cccc(C)c3C)C2=O)cc1. The third-order valence-electron chi connectivity index (χ3n) is 5.99. The van der Waals surface area contributed by atoms with Crippen molar-refractivity contribution in [2.75, 3.05) is 16.8 Å². The van der Waals surface area contributed by atoms with Crippen molar-refractivity contribution in [1.29, 1.82) is 0 Å². The molecule has 1 aliphatic rings. The van der Waals surface area contributed by atoms with E-state index in [1.54, 1.807) is 0 Å². The summed E-state index contributed by atoms with van der Waals surface area (Å²) in [6.45, 7) is 8.47. The molecule has 3 aromatic rings. The maximum atomic E-state index is 13.7. The zero-order valence-corrected chi connectivity index (χ0v) is 19.4. The predicted molar refractivity (Wildman–Crippen MR) is 132 cm³/mol. The van der Waals surface area contributed by atoms with Gasteiger partial charge in [0.25, 0.3) is 11.8 Å². The molecule has 0 saturated heterocycles. The second-order valence-corrected chi connectivity index (χ2v) is 8.05. The van der Waals surface area contributed by atoms with E-state index in [0.29, 0.717) is 23.4 Å². The molecule has 0 atom stereocenters. The van der Waals surface area contributed by atoms with Gasteiger partial charge in [0.1, 0.15) is 11.4 Å². The van der Waals surface area contributed by atoms with Gasteiger partial charge in [0.05, 0.1) is 17.9 Å². The molecule has 0 fully saturated rings. The molecule has 0 spiro atoms. The Morgan fingerprint density at radius 2 is 1.55 bits per heavy atom. The molecular weight excluding hydrogens is 412 g/mol. The normalized spacial score (nSPS) is 13.6. The van der Waals surface area contributed by atoms with Crippen LogP contribution in [0.1, 0.15) is 36.1 Å². The highest BCUT2D eigenvalue weighted by Gasteiger charge is 2.41. The van der Waals surface area contributed by atoms with Crippen molar-refractivity contribution in [3.63, 3.8) is 0 Å². The van der Waals surface area contributed by atoms with Gasteiger partial charge in [-0.2, -0.15) is 0 Å². The van der Waals surface area contributed by atoms with Gasteiger partial charge in [-0.05, 0) is 79.8 Å². The monoisotopic (exact) mass is 440 g/mol. The van der Waals surface area contributed by atoms with Crippen LogP contribution in [0, 0.1) is 13.8 Å². The van der Waals surface area contributed by atoms with Gasteiger partial charge in [-0.3, -0.25) is 9.59 Å². The van der Waals surface area contributed by atoms with E-state index in [4.69, 9.17) is 4.74 Å². The molecule has 5 heteroatoms. The fourth-order valence-corrected chi connectivity index (χ4v) is 3.96. The van der Waals surface area contributed by atoms with Crippen LogP contribution in [0.2, 0.25) is 0 Å². The highest BCUT2D eigenvalue weighted by molar-refractivity contribution is 6.46. The van der Waals surface area contributed by atoms with E-state index in [-0.39, 0.29) is 17.5 Å². The van der Waals surface area contributed by atoms with Crippen molar-refractivity contribution < 1.29 is 14.3 Å². The molecule has 168 valence electrons. The Hall–Kier alpha value is -3.86. The van der Waals surface area contributed by atoms with Gasteiger partial charge in [-0.1, -0.05) is 43.3 Å². The summed E-state index contributed by atoms with van der Waals surface area (Å²) in [5.41, 5.74) is 5.77. The smallest absolute Gasteiger partial charge is 0.282 e. The Morgan fingerprint density at radius 1 is 0.848 bits per heavy atom. The summed E-state index contributed by atoms with van der Waals surface area (Å²) < 4.78 is 5.54. The van der Waals surface area contributed by atoms with Crippen LogP contribution in [0.5, 0.6) is 5.75 Å². The number of carbonyl (C=O) groups excluding carboxylic acids is 2. The third-order valence-corrected chi connectivity index (χ3v) is 5.99. The first-order chi connectivity index (χ1) is 15.9. The Morgan fingerprint density at radius 3 is 2.18 bits per heavy atom. The van der Waals surface area contributed by atoms with Crippen molar-refractivity contribution in [3.8, 4) is 5.75 Å². The summed E-state index contributed by atoms with van der Waals surface area (Å²) in [6.07, 6.45) is 0.929. The molecule has 0 aromatic heterocycles. The lowest BCUT2D eigenvalue weighted by Crippen LogP contribution is -2.33. The molecule has 1 N–H and O–H groups in total. The van der Waals surface area contributed by atoms with E-state index in [9.17, 15) is 9.59 Å². The number of carbonyl (C=O) groups is 2. The molecule has 5 nitrogen and oxygen atoms in total. The van der Waals surface area contributed by atoms with Gasteiger partial charge in [0.2, 0.25) is 0 Å². The number of hydrogen-bond acceptors (Lipinski definition) is 4. The molecule has 1 aliphatic heterocycles. The number of nitrogens with zero attached hydrogens (tertiary/aromatic N) is 1. The Labute approximate surface area is 194 Å². The minimum absolute atomic E-state index is 0.273. The molecule has 0 radical (unpaired) electrons. The van der Waals surface area contributed by atoms with Gasteiger partial charge in [0.15, 0.2) is 0 Å². The molecule has 2 amide bonds. The Balaban J connectivity index is 1.80. The van der Waals surface area contributed by atoms with E-state index < -0.39 is 0 Å². The summed E-state index contributed by atoms with van der Waals surface area (Å²) in [7, 11) is 0. The summed E-state index contributed by atoms with van der Waals surface area (Å²) in [5, 5.41) is 3.23. The molecule has 4 rings (SSSR count). The third kappa shape index (κ3) is 4.27. The summed E-state index contributed by atoms with van der Waals surface area (Å²) in [5.74, 6) is 0.0114. The van der Waals surface area contributed by atoms with Crippen molar-refractivity contribution in [2.24, 2.45) is 0 Å². The maximum absolute atomic E-state index is 13.7. The van der Waals surface area contributed by atoms with E-state index in [1.807, 2.05) is 87.5 Å². The number of anilines is 2. The summed E-state index contributed by atoms with van der Waals surface area (Å²) in [6, 6.07) is 20.8. The first-order valence-corrected chi connectivity index (χ1v) is 11.2. The number of benzene rings is 3. The zero-order valence-electron chi connectivity index (χ0n) is 19.4. The summed E-state index contributed by atoms with van der Waals surface area (Å²) >= 11 is 0. The number of imide groups is 1. The fourth-order valence-electron chi connectivity index (χ4n) is 3.96. The molecule has 0 bridgehead atoms. The average Bonchev–Trinajstić information content (AvgIpc) is 3.06. The van der Waals surface area contributed by atoms with Crippen LogP contribution in [0.25, 0.3) is 5.57 Å². The van der Waals surface area contributed by atoms with Crippen molar-refractivity contribution >= 4 is 28.8 Å². The van der Waals surface area contributed by atoms with Crippen LogP contribution in [-0.4, -0.2) is 18.4 Å². The number of ether oxygens (including phenoxy) is 1. The predicted octanol–water partition coefficient (Wildman–Crippen LogP) is 5.66. The number of hydrogen-bond donors (Lipinski definition) is 1. The minimum atomic E-state index is -0.364. The molecular formula is C28H28N2O3. The number of aryl methyl sites for hydroxylation is 2. The quantitative estimate of drug-likeness (QED) is 0.482. The largest absolute Gasteiger partial charge is 0.494 e. The number of rotatable bonds is 7. The summed E-state index contributed by atoms with van der Waals surface area (Å²) in [4.78, 5) is 28.6. The number of amides is 2. The van der Waals surface area contributed by atoms with E-state index in [2.05, 4.69) is 12.2 Å². The molecule has 0 unspecified atom stereocenters. The van der Waals surface area contributed by atoms with Crippen LogP contribution in [-0.2, 0) is 16.0 Å². The maximum Gasteiger partial charge on any atom is 0.282 e. The van der Waals surface area contributed by atoms with Crippen LogP contribution < -0.4 is 15.0 Å². The lowest BCUT2D eigenvalue weighted by atomic mass is 10.0. The number of nitrogens with one attached hydrogen (secondary N) is 1. The lowest BCUT2D eigenvalue weighted by molar-refractivity contribution is -0.120. The molecule has 0 aliphatic carbocycles. The van der Waals surface area contributed by atoms with Crippen molar-refractivity contribution in [3.05, 3.63) is 94.7 Å². The molecule has 33 heavy (non-hydrogen) atoms. The van der Waals surface area contributed by atoms with Gasteiger partial charge in [0, 0.05) is 5.69 Å². The van der Waals surface area contributed by atoms with E-state index in [1.165, 1.54) is 10.5 Å². The van der Waals surface area contributed by atoms with E-state index in [0.717, 1.165) is 29.0 Å². The average molecular weight is 441 g/mol. The first kappa shape index (κ1) is 22.3. The van der Waals surface area contributed by atoms with Gasteiger partial charge in [-0.25, -0.2) is 4.90 Å². The molecule has 3 aromatic carbocycles. The lowest BCUT2D eigenvalue weighted by Gasteiger charge is -2.19. The molecule has 1 heterocycles. The minimum Gasteiger partial charge on any atom is -0.494 e. The Kier molecular flexibility index (Phi) is 6.31. The second-order valence-electron chi connectivity index (χ2n) is 8.05. The first-order valence-electron chi connectivity index (χ1n) is 11.2. The van der Waals surface area contributed by atoms with Gasteiger partial charge < -0.3 is 10.1 Å². The van der Waals surface area contributed by atoms with Crippen LogP contribution in [0.4, 0.5) is 11.4 Å². The highest BCUT2D eigenvalue weighted by atomic mass is 16.5. The Bertz CT molecular complexity index is 1230. The van der Waals surface area contributed by atoms with Gasteiger partial charge in [-0.15, -0.1) is 0 Å². The van der Waals surface area contributed by atoms with Gasteiger partial charge >= 0.3 is 0 Å². The second kappa shape index (κ2) is 9.33. The zero-order chi connectivity index (χ0) is 23.5. The highest BCUT2D eigenvalue weighted by Crippen LogP contribution is 2.36. The topological polar surface area (TPSA) is 58.6 Å². The van der Waals surface area contributed by atoms with Crippen molar-refractivity contribution in [1.82, 2.24) is 0 Å². The van der Waals surface area contributed by atoms with Crippen LogP contribution in [0.15, 0.2) is 72.4 Å².